The van der Waals surface area contributed by atoms with Crippen molar-refractivity contribution in [2.75, 3.05) is 30.0 Å². The molecule has 0 aromatic heterocycles. The molecule has 2 rings (SSSR count). The van der Waals surface area contributed by atoms with Gasteiger partial charge in [0.1, 0.15) is 11.8 Å². The third kappa shape index (κ3) is 6.32. The lowest BCUT2D eigenvalue weighted by Gasteiger charge is -2.28. The van der Waals surface area contributed by atoms with Crippen molar-refractivity contribution in [3.8, 4) is 5.75 Å². The van der Waals surface area contributed by atoms with Gasteiger partial charge in [-0.15, -0.1) is 11.8 Å². The summed E-state index contributed by atoms with van der Waals surface area (Å²) in [4.78, 5) is 13.6. The molecule has 0 saturated heterocycles. The highest BCUT2D eigenvalue weighted by Gasteiger charge is 2.28. The number of anilines is 1. The molecule has 0 spiro atoms. The molecule has 2 aromatic rings. The molecule has 0 aliphatic carbocycles. The summed E-state index contributed by atoms with van der Waals surface area (Å²) < 4.78 is 30.7. The van der Waals surface area contributed by atoms with E-state index in [9.17, 15) is 13.2 Å². The van der Waals surface area contributed by atoms with Crippen LogP contribution in [0.3, 0.4) is 0 Å². The number of nitrogens with zero attached hydrogens (tertiary/aromatic N) is 1. The molecule has 1 amide bonds. The molecule has 0 aliphatic heterocycles. The van der Waals surface area contributed by atoms with Crippen LogP contribution in [0.5, 0.6) is 5.75 Å². The van der Waals surface area contributed by atoms with Crippen molar-refractivity contribution in [1.29, 1.82) is 0 Å². The first-order valence-corrected chi connectivity index (χ1v) is 11.7. The molecular weight excluding hydrogens is 420 g/mol. The van der Waals surface area contributed by atoms with Gasteiger partial charge in [-0.25, -0.2) is 8.42 Å². The molecule has 152 valence electrons. The molecule has 0 radical (unpaired) electrons. The van der Waals surface area contributed by atoms with E-state index in [1.807, 2.05) is 24.3 Å². The number of amides is 1. The molecule has 0 heterocycles. The summed E-state index contributed by atoms with van der Waals surface area (Å²) in [6.45, 7) is 1.98. The van der Waals surface area contributed by atoms with Crippen molar-refractivity contribution >= 4 is 45.0 Å². The van der Waals surface area contributed by atoms with Crippen molar-refractivity contribution < 1.29 is 17.9 Å². The van der Waals surface area contributed by atoms with Crippen LogP contribution in [0, 0.1) is 0 Å². The minimum absolute atomic E-state index is 0.363. The van der Waals surface area contributed by atoms with E-state index in [2.05, 4.69) is 5.32 Å². The zero-order valence-electron chi connectivity index (χ0n) is 15.9. The van der Waals surface area contributed by atoms with Gasteiger partial charge in [-0.2, -0.15) is 0 Å². The Morgan fingerprint density at radius 1 is 1.18 bits per heavy atom. The highest BCUT2D eigenvalue weighted by Crippen LogP contribution is 2.24. The van der Waals surface area contributed by atoms with Gasteiger partial charge in [0, 0.05) is 22.2 Å². The monoisotopic (exact) mass is 442 g/mol. The van der Waals surface area contributed by atoms with E-state index < -0.39 is 16.1 Å². The fourth-order valence-electron chi connectivity index (χ4n) is 2.56. The Morgan fingerprint density at radius 2 is 1.79 bits per heavy atom. The molecule has 6 nitrogen and oxygen atoms in total. The second kappa shape index (κ2) is 10.0. The van der Waals surface area contributed by atoms with Crippen molar-refractivity contribution in [3.05, 3.63) is 53.6 Å². The predicted molar refractivity (Wildman–Crippen MR) is 115 cm³/mol. The van der Waals surface area contributed by atoms with Crippen LogP contribution in [0.15, 0.2) is 53.4 Å². The Hall–Kier alpha value is -1.90. The summed E-state index contributed by atoms with van der Waals surface area (Å²) in [6, 6.07) is 13.1. The quantitative estimate of drug-likeness (QED) is 0.475. The normalized spacial score (nSPS) is 12.3. The number of carbonyl (C=O) groups is 1. The van der Waals surface area contributed by atoms with Crippen LogP contribution in [-0.4, -0.2) is 46.0 Å². The lowest BCUT2D eigenvalue weighted by molar-refractivity contribution is -0.121. The van der Waals surface area contributed by atoms with Gasteiger partial charge in [-0.05, 0) is 55.5 Å². The van der Waals surface area contributed by atoms with Crippen LogP contribution >= 0.6 is 23.4 Å². The Bertz CT molecular complexity index is 887. The van der Waals surface area contributed by atoms with Crippen LogP contribution in [0.25, 0.3) is 0 Å². The van der Waals surface area contributed by atoms with Crippen molar-refractivity contribution in [3.63, 3.8) is 0 Å². The first kappa shape index (κ1) is 22.4. The van der Waals surface area contributed by atoms with Crippen LogP contribution in [0.2, 0.25) is 5.02 Å². The summed E-state index contributed by atoms with van der Waals surface area (Å²) >= 11 is 7.43. The zero-order valence-corrected chi connectivity index (χ0v) is 18.3. The fraction of sp³-hybridized carbons (Fsp3) is 0.316. The fourth-order valence-corrected chi connectivity index (χ4v) is 4.63. The van der Waals surface area contributed by atoms with Gasteiger partial charge in [0.15, 0.2) is 0 Å². The van der Waals surface area contributed by atoms with Crippen LogP contribution in [0.4, 0.5) is 5.69 Å². The van der Waals surface area contributed by atoms with Crippen LogP contribution in [0.1, 0.15) is 6.92 Å². The van der Waals surface area contributed by atoms with E-state index in [0.29, 0.717) is 28.8 Å². The lowest BCUT2D eigenvalue weighted by atomic mass is 10.2. The molecule has 1 atom stereocenters. The van der Waals surface area contributed by atoms with E-state index in [-0.39, 0.29) is 5.91 Å². The first-order valence-electron chi connectivity index (χ1n) is 8.52. The van der Waals surface area contributed by atoms with E-state index in [1.54, 1.807) is 43.0 Å². The summed E-state index contributed by atoms with van der Waals surface area (Å²) in [7, 11) is -2.12. The maximum atomic E-state index is 12.5. The Kier molecular flexibility index (Phi) is 8.03. The molecule has 0 aliphatic rings. The number of nitrogens with one attached hydrogen (secondary N) is 1. The van der Waals surface area contributed by atoms with Crippen LogP contribution < -0.4 is 14.4 Å². The number of ether oxygens (including phenoxy) is 1. The van der Waals surface area contributed by atoms with E-state index >= 15 is 0 Å². The molecule has 0 fully saturated rings. The number of rotatable bonds is 9. The molecular formula is C19H23ClN2O4S2. The number of benzene rings is 2. The minimum atomic E-state index is -3.65. The highest BCUT2D eigenvalue weighted by atomic mass is 35.5. The number of hydrogen-bond donors (Lipinski definition) is 1. The standard InChI is InChI=1S/C19H23ClN2O4S2/c1-14(19(23)21-12-13-27-18-10-4-15(20)5-11-18)22(28(3,24)25)16-6-8-17(26-2)9-7-16/h4-11,14H,12-13H2,1-3H3,(H,21,23)/t14-/m1/s1. The molecule has 28 heavy (non-hydrogen) atoms. The first-order chi connectivity index (χ1) is 13.2. The number of hydrogen-bond acceptors (Lipinski definition) is 5. The molecule has 2 aromatic carbocycles. The third-order valence-corrected chi connectivity index (χ3v) is 6.41. The largest absolute Gasteiger partial charge is 0.497 e. The Labute approximate surface area is 175 Å². The van der Waals surface area contributed by atoms with Crippen LogP contribution in [-0.2, 0) is 14.8 Å². The van der Waals surface area contributed by atoms with Crippen molar-refractivity contribution in [1.82, 2.24) is 5.32 Å². The number of thioether (sulfide) groups is 1. The predicted octanol–water partition coefficient (Wildman–Crippen LogP) is 3.41. The second-order valence-electron chi connectivity index (χ2n) is 6.03. The molecule has 0 unspecified atom stereocenters. The Balaban J connectivity index is 1.97. The van der Waals surface area contributed by atoms with Gasteiger partial charge in [0.2, 0.25) is 15.9 Å². The molecule has 0 saturated carbocycles. The van der Waals surface area contributed by atoms with Gasteiger partial charge in [-0.3, -0.25) is 9.10 Å². The Morgan fingerprint density at radius 3 is 2.32 bits per heavy atom. The molecule has 0 bridgehead atoms. The van der Waals surface area contributed by atoms with Gasteiger partial charge in [0.25, 0.3) is 0 Å². The summed E-state index contributed by atoms with van der Waals surface area (Å²) in [5.74, 6) is 0.896. The minimum Gasteiger partial charge on any atom is -0.497 e. The smallest absolute Gasteiger partial charge is 0.243 e. The van der Waals surface area contributed by atoms with Gasteiger partial charge in [0.05, 0.1) is 19.1 Å². The van der Waals surface area contributed by atoms with E-state index in [4.69, 9.17) is 16.3 Å². The van der Waals surface area contributed by atoms with Crippen molar-refractivity contribution in [2.24, 2.45) is 0 Å². The van der Waals surface area contributed by atoms with E-state index in [1.165, 1.54) is 7.11 Å². The molecule has 1 N–H and O–H groups in total. The number of methoxy groups -OCH3 is 1. The zero-order chi connectivity index (χ0) is 20.7. The number of halogens is 1. The van der Waals surface area contributed by atoms with Crippen molar-refractivity contribution in [2.45, 2.75) is 17.9 Å². The summed E-state index contributed by atoms with van der Waals surface area (Å²) in [5, 5.41) is 3.46. The summed E-state index contributed by atoms with van der Waals surface area (Å²) in [6.07, 6.45) is 1.08. The SMILES string of the molecule is COc1ccc(N([C@H](C)C(=O)NCCSc2ccc(Cl)cc2)S(C)(=O)=O)cc1. The van der Waals surface area contributed by atoms with Gasteiger partial charge in [-0.1, -0.05) is 11.6 Å². The topological polar surface area (TPSA) is 75.7 Å². The van der Waals surface area contributed by atoms with Gasteiger partial charge >= 0.3 is 0 Å². The second-order valence-corrected chi connectivity index (χ2v) is 9.49. The summed E-state index contributed by atoms with van der Waals surface area (Å²) in [5.41, 5.74) is 0.404. The lowest BCUT2D eigenvalue weighted by Crippen LogP contribution is -2.48. The highest BCUT2D eigenvalue weighted by molar-refractivity contribution is 7.99. The number of carbonyl (C=O) groups excluding carboxylic acids is 1. The van der Waals surface area contributed by atoms with E-state index in [0.717, 1.165) is 15.5 Å². The average Bonchev–Trinajstić information content (AvgIpc) is 2.66. The maximum Gasteiger partial charge on any atom is 0.243 e. The average molecular weight is 443 g/mol. The number of sulfonamides is 1. The third-order valence-electron chi connectivity index (χ3n) is 3.90. The molecule has 9 heteroatoms. The van der Waals surface area contributed by atoms with Gasteiger partial charge < -0.3 is 10.1 Å². The maximum absolute atomic E-state index is 12.5.